The lowest BCUT2D eigenvalue weighted by Gasteiger charge is -2.18. The van der Waals surface area contributed by atoms with Crippen LogP contribution in [-0.4, -0.2) is 29.3 Å². The molecule has 1 fully saturated rings. The monoisotopic (exact) mass is 339 g/mol. The zero-order valence-electron chi connectivity index (χ0n) is 13.7. The molecule has 0 spiro atoms. The molecule has 1 aliphatic rings. The Bertz CT molecular complexity index is 533. The summed E-state index contributed by atoms with van der Waals surface area (Å²) in [6, 6.07) is 7.10. The van der Waals surface area contributed by atoms with Crippen LogP contribution >= 0.6 is 12.4 Å². The Morgan fingerprint density at radius 2 is 2.00 bits per heavy atom. The minimum absolute atomic E-state index is 0. The van der Waals surface area contributed by atoms with Crippen LogP contribution in [0.25, 0.3) is 0 Å². The van der Waals surface area contributed by atoms with Crippen LogP contribution in [0.15, 0.2) is 24.3 Å². The van der Waals surface area contributed by atoms with Crippen LogP contribution in [0.1, 0.15) is 38.7 Å². The summed E-state index contributed by atoms with van der Waals surface area (Å²) in [6.45, 7) is 5.47. The van der Waals surface area contributed by atoms with E-state index in [0.717, 1.165) is 30.6 Å². The molecule has 5 nitrogen and oxygen atoms in total. The Labute approximate surface area is 144 Å². The number of halogens is 1. The molecule has 128 valence electrons. The fourth-order valence-electron chi connectivity index (χ4n) is 2.52. The first-order chi connectivity index (χ1) is 10.5. The molecular formula is C17H26ClN3O2. The Balaban J connectivity index is 0.00000264. The molecule has 2 amide bonds. The number of carbonyl (C=O) groups is 2. The van der Waals surface area contributed by atoms with Gasteiger partial charge in [-0.2, -0.15) is 0 Å². The van der Waals surface area contributed by atoms with Crippen molar-refractivity contribution in [3.8, 4) is 0 Å². The van der Waals surface area contributed by atoms with Gasteiger partial charge in [-0.25, -0.2) is 0 Å². The van der Waals surface area contributed by atoms with Crippen LogP contribution in [0.3, 0.4) is 0 Å². The third-order valence-corrected chi connectivity index (χ3v) is 4.33. The Kier molecular flexibility index (Phi) is 7.52. The quantitative estimate of drug-likeness (QED) is 0.836. The maximum atomic E-state index is 12.0. The highest BCUT2D eigenvalue weighted by Gasteiger charge is 2.21. The van der Waals surface area contributed by atoms with E-state index in [1.54, 1.807) is 0 Å². The number of rotatable bonds is 6. The molecule has 3 N–H and O–H groups in total. The first-order valence-electron chi connectivity index (χ1n) is 7.94. The van der Waals surface area contributed by atoms with Gasteiger partial charge in [-0.05, 0) is 30.0 Å². The summed E-state index contributed by atoms with van der Waals surface area (Å²) in [5, 5.41) is 2.84. The molecule has 0 aromatic heterocycles. The number of hydrogen-bond donors (Lipinski definition) is 2. The molecule has 1 saturated heterocycles. The molecule has 0 bridgehead atoms. The predicted octanol–water partition coefficient (Wildman–Crippen LogP) is 2.54. The number of nitrogens with zero attached hydrogens (tertiary/aromatic N) is 1. The molecule has 2 rings (SSSR count). The fraction of sp³-hybridized carbons (Fsp3) is 0.529. The van der Waals surface area contributed by atoms with Gasteiger partial charge in [-0.1, -0.05) is 32.4 Å². The molecule has 6 heteroatoms. The Morgan fingerprint density at radius 3 is 2.52 bits per heavy atom. The van der Waals surface area contributed by atoms with Gasteiger partial charge in [0.25, 0.3) is 0 Å². The van der Waals surface area contributed by atoms with Gasteiger partial charge in [0.15, 0.2) is 0 Å². The number of hydrogen-bond acceptors (Lipinski definition) is 3. The minimum Gasteiger partial charge on any atom is -0.338 e. The molecule has 2 unspecified atom stereocenters. The average Bonchev–Trinajstić information content (AvgIpc) is 2.92. The van der Waals surface area contributed by atoms with Crippen LogP contribution in [0.4, 0.5) is 5.69 Å². The highest BCUT2D eigenvalue weighted by molar-refractivity contribution is 5.94. The van der Waals surface area contributed by atoms with Crippen molar-refractivity contribution in [1.29, 1.82) is 0 Å². The van der Waals surface area contributed by atoms with E-state index in [2.05, 4.69) is 5.32 Å². The van der Waals surface area contributed by atoms with Crippen LogP contribution in [0.5, 0.6) is 0 Å². The lowest BCUT2D eigenvalue weighted by Crippen LogP contribution is -2.40. The van der Waals surface area contributed by atoms with Gasteiger partial charge >= 0.3 is 0 Å². The van der Waals surface area contributed by atoms with Crippen molar-refractivity contribution in [2.75, 3.05) is 11.9 Å². The minimum atomic E-state index is -0.494. The second-order valence-corrected chi connectivity index (χ2v) is 6.02. The summed E-state index contributed by atoms with van der Waals surface area (Å²) < 4.78 is 0. The summed E-state index contributed by atoms with van der Waals surface area (Å²) in [4.78, 5) is 25.5. The maximum absolute atomic E-state index is 12.0. The molecule has 2 atom stereocenters. The summed E-state index contributed by atoms with van der Waals surface area (Å²) in [7, 11) is 0. The highest BCUT2D eigenvalue weighted by Crippen LogP contribution is 2.17. The number of amides is 2. The molecule has 1 aromatic rings. The number of anilines is 1. The number of nitrogens with two attached hydrogens (primary N) is 1. The molecule has 23 heavy (non-hydrogen) atoms. The zero-order chi connectivity index (χ0) is 16.1. The standard InChI is InChI=1S/C17H25N3O2.ClH/c1-3-12(2)16(18)17(22)19-14-8-6-13(7-9-14)11-20-10-4-5-15(20)21;/h6-9,12,16H,3-5,10-11,18H2,1-2H3,(H,19,22);1H. The van der Waals surface area contributed by atoms with Crippen LogP contribution in [0.2, 0.25) is 0 Å². The normalized spacial score (nSPS) is 16.7. The van der Waals surface area contributed by atoms with Gasteiger partial charge < -0.3 is 16.0 Å². The second-order valence-electron chi connectivity index (χ2n) is 6.02. The van der Waals surface area contributed by atoms with Crippen molar-refractivity contribution in [2.24, 2.45) is 11.7 Å². The van der Waals surface area contributed by atoms with Crippen molar-refractivity contribution in [3.05, 3.63) is 29.8 Å². The van der Waals surface area contributed by atoms with E-state index in [1.165, 1.54) is 0 Å². The maximum Gasteiger partial charge on any atom is 0.241 e. The number of nitrogens with one attached hydrogen (secondary N) is 1. The van der Waals surface area contributed by atoms with Gasteiger partial charge in [0, 0.05) is 25.2 Å². The van der Waals surface area contributed by atoms with Crippen molar-refractivity contribution in [2.45, 2.75) is 45.7 Å². The molecule has 0 saturated carbocycles. The van der Waals surface area contributed by atoms with Crippen LogP contribution in [-0.2, 0) is 16.1 Å². The Hall–Kier alpha value is -1.59. The average molecular weight is 340 g/mol. The summed E-state index contributed by atoms with van der Waals surface area (Å²) >= 11 is 0. The zero-order valence-corrected chi connectivity index (χ0v) is 14.6. The van der Waals surface area contributed by atoms with E-state index in [-0.39, 0.29) is 30.1 Å². The van der Waals surface area contributed by atoms with E-state index in [0.29, 0.717) is 13.0 Å². The number of benzene rings is 1. The van der Waals surface area contributed by atoms with E-state index >= 15 is 0 Å². The second kappa shape index (κ2) is 8.89. The van der Waals surface area contributed by atoms with Gasteiger partial charge in [-0.15, -0.1) is 12.4 Å². The molecule has 1 aliphatic heterocycles. The largest absolute Gasteiger partial charge is 0.338 e. The number of likely N-dealkylation sites (tertiary alicyclic amines) is 1. The summed E-state index contributed by atoms with van der Waals surface area (Å²) in [5.41, 5.74) is 7.72. The van der Waals surface area contributed by atoms with Crippen molar-refractivity contribution >= 4 is 29.9 Å². The topological polar surface area (TPSA) is 75.4 Å². The van der Waals surface area contributed by atoms with Gasteiger partial charge in [-0.3, -0.25) is 9.59 Å². The lowest BCUT2D eigenvalue weighted by atomic mass is 9.99. The van der Waals surface area contributed by atoms with E-state index < -0.39 is 6.04 Å². The Morgan fingerprint density at radius 1 is 1.35 bits per heavy atom. The smallest absolute Gasteiger partial charge is 0.241 e. The predicted molar refractivity (Wildman–Crippen MR) is 94.4 cm³/mol. The third kappa shape index (κ3) is 5.22. The fourth-order valence-corrected chi connectivity index (χ4v) is 2.52. The SMILES string of the molecule is CCC(C)C(N)C(=O)Nc1ccc(CN2CCCC2=O)cc1.Cl. The molecule has 0 radical (unpaired) electrons. The van der Waals surface area contributed by atoms with Crippen LogP contribution < -0.4 is 11.1 Å². The van der Waals surface area contributed by atoms with Crippen molar-refractivity contribution in [3.63, 3.8) is 0 Å². The lowest BCUT2D eigenvalue weighted by molar-refractivity contribution is -0.128. The highest BCUT2D eigenvalue weighted by atomic mass is 35.5. The van der Waals surface area contributed by atoms with E-state index in [1.807, 2.05) is 43.0 Å². The van der Waals surface area contributed by atoms with Gasteiger partial charge in [0.05, 0.1) is 6.04 Å². The van der Waals surface area contributed by atoms with Gasteiger partial charge in [0.1, 0.15) is 0 Å². The third-order valence-electron chi connectivity index (χ3n) is 4.33. The van der Waals surface area contributed by atoms with Crippen molar-refractivity contribution < 1.29 is 9.59 Å². The number of carbonyl (C=O) groups excluding carboxylic acids is 2. The first kappa shape index (κ1) is 19.5. The molecule has 0 aliphatic carbocycles. The molecule has 1 heterocycles. The summed E-state index contributed by atoms with van der Waals surface area (Å²) in [6.07, 6.45) is 2.47. The van der Waals surface area contributed by atoms with Crippen molar-refractivity contribution in [1.82, 2.24) is 4.90 Å². The van der Waals surface area contributed by atoms with E-state index in [9.17, 15) is 9.59 Å². The summed E-state index contributed by atoms with van der Waals surface area (Å²) in [5.74, 6) is 0.217. The van der Waals surface area contributed by atoms with E-state index in [4.69, 9.17) is 5.73 Å². The van der Waals surface area contributed by atoms with Gasteiger partial charge in [0.2, 0.25) is 11.8 Å². The first-order valence-corrected chi connectivity index (χ1v) is 7.94. The van der Waals surface area contributed by atoms with Crippen LogP contribution in [0, 0.1) is 5.92 Å². The molecular weight excluding hydrogens is 314 g/mol. The molecule has 1 aromatic carbocycles.